The first-order valence-electron chi connectivity index (χ1n) is 30.5. The minimum Gasteiger partial charge on any atom is -0.337 e. The van der Waals surface area contributed by atoms with Crippen LogP contribution in [0.2, 0.25) is 0 Å². The third-order valence-corrected chi connectivity index (χ3v) is 14.9. The van der Waals surface area contributed by atoms with Crippen molar-refractivity contribution in [3.05, 3.63) is 25.3 Å². The number of unbranched alkanes of at least 4 members (excludes halogenated alkanes) is 40. The Morgan fingerprint density at radius 2 is 0.493 bits per heavy atom. The third-order valence-electron chi connectivity index (χ3n) is 14.9. The summed E-state index contributed by atoms with van der Waals surface area (Å²) < 4.78 is 0.324. The fourth-order valence-corrected chi connectivity index (χ4v) is 10.4. The van der Waals surface area contributed by atoms with Crippen LogP contribution in [0.5, 0.6) is 0 Å². The van der Waals surface area contributed by atoms with Crippen LogP contribution >= 0.6 is 0 Å². The Balaban J connectivity index is 5.98. The molecule has 0 aliphatic carbocycles. The van der Waals surface area contributed by atoms with Crippen LogP contribution in [0.3, 0.4) is 0 Å². The molecule has 0 aromatic rings. The van der Waals surface area contributed by atoms with Gasteiger partial charge >= 0.3 is 0 Å². The highest BCUT2D eigenvalue weighted by atomic mass is 16.2. The lowest BCUT2D eigenvalue weighted by atomic mass is 10.0. The van der Waals surface area contributed by atoms with E-state index in [9.17, 15) is 0 Å². The third kappa shape index (κ3) is 38.8. The zero-order chi connectivity index (χ0) is 49.2. The molecule has 0 bridgehead atoms. The predicted molar refractivity (Wildman–Crippen MR) is 299 cm³/mol. The quantitative estimate of drug-likeness (QED) is 0.0264. The molecule has 0 rings (SSSR count). The van der Waals surface area contributed by atoms with Gasteiger partial charge in [-0.2, -0.15) is 0 Å². The number of nitrogens with zero attached hydrogens (tertiary/aromatic N) is 3. The lowest BCUT2D eigenvalue weighted by Crippen LogP contribution is -2.65. The van der Waals surface area contributed by atoms with E-state index in [0.717, 1.165) is 77.5 Å². The van der Waals surface area contributed by atoms with Crippen LogP contribution in [0, 0.1) is 0 Å². The van der Waals surface area contributed by atoms with Gasteiger partial charge in [0.15, 0.2) is 0 Å². The summed E-state index contributed by atoms with van der Waals surface area (Å²) in [6, 6.07) is -0.767. The van der Waals surface area contributed by atoms with Gasteiger partial charge in [-0.3, -0.25) is 9.59 Å². The molecule has 5 nitrogen and oxygen atoms in total. The molecule has 0 fully saturated rings. The molecule has 0 N–H and O–H groups in total. The first kappa shape index (κ1) is 65.4. The SMILES string of the molecule is C=CC[N+](C)(CC=C)C(C(=O)N(CCCCCCCCCCCC)CCCCCCCCCCCCCC)C(=O)N(CCCCCCCCCCCC)CCCCCCCCCCCCCC. The van der Waals surface area contributed by atoms with Crippen molar-refractivity contribution >= 4 is 11.8 Å². The maximum Gasteiger partial charge on any atom is 0.291 e. The number of hydrogen-bond acceptors (Lipinski definition) is 2. The summed E-state index contributed by atoms with van der Waals surface area (Å²) in [5.41, 5.74) is 0. The van der Waals surface area contributed by atoms with Crippen molar-refractivity contribution in [3.8, 4) is 0 Å². The molecular formula is C62H122N3O2+. The number of carbonyl (C=O) groups is 2. The van der Waals surface area contributed by atoms with Crippen molar-refractivity contribution in [1.29, 1.82) is 0 Å². The first-order valence-corrected chi connectivity index (χ1v) is 30.5. The van der Waals surface area contributed by atoms with E-state index < -0.39 is 6.04 Å². The smallest absolute Gasteiger partial charge is 0.291 e. The zero-order valence-electron chi connectivity index (χ0n) is 46.7. The summed E-state index contributed by atoms with van der Waals surface area (Å²) in [6.07, 6.45) is 60.8. The topological polar surface area (TPSA) is 40.6 Å². The molecule has 0 saturated carbocycles. The van der Waals surface area contributed by atoms with Gasteiger partial charge in [0.2, 0.25) is 6.04 Å². The molecule has 0 heterocycles. The fourth-order valence-electron chi connectivity index (χ4n) is 10.4. The molecule has 0 aliphatic heterocycles. The lowest BCUT2D eigenvalue weighted by Gasteiger charge is -2.42. The van der Waals surface area contributed by atoms with Gasteiger partial charge in [0.1, 0.15) is 0 Å². The predicted octanol–water partition coefficient (Wildman–Crippen LogP) is 19.1. The zero-order valence-corrected chi connectivity index (χ0v) is 46.7. The number of hydrogen-bond donors (Lipinski definition) is 0. The highest BCUT2D eigenvalue weighted by Gasteiger charge is 2.46. The molecule has 0 aromatic carbocycles. The summed E-state index contributed by atoms with van der Waals surface area (Å²) in [6.45, 7) is 21.7. The van der Waals surface area contributed by atoms with Crippen LogP contribution in [0.4, 0.5) is 0 Å². The minimum absolute atomic E-state index is 0.0537. The van der Waals surface area contributed by atoms with Crippen molar-refractivity contribution < 1.29 is 14.1 Å². The van der Waals surface area contributed by atoms with Crippen molar-refractivity contribution in [2.24, 2.45) is 0 Å². The Bertz CT molecular complexity index is 997. The average molecular weight is 942 g/mol. The second-order valence-corrected chi connectivity index (χ2v) is 21.6. The second kappa shape index (κ2) is 50.8. The Morgan fingerprint density at radius 1 is 0.328 bits per heavy atom. The molecule has 5 heteroatoms. The number of likely N-dealkylation sites (N-methyl/N-ethyl adjacent to an activating group) is 1. The standard InChI is InChI=1S/C62H122N3O2/c1-8-14-18-22-26-30-34-36-40-44-48-52-56-63(54-50-46-42-38-32-28-24-20-16-10-3)61(66)60(65(7,58-12-5)59-13-6)62(67)64(55-51-47-43-39-33-29-25-21-17-11-4)57-53-49-45-41-37-35-31-27-23-19-15-9-2/h12-13,60H,5-6,8-11,14-59H2,1-4,7H3/q+1. The molecule has 0 unspecified atom stereocenters. The monoisotopic (exact) mass is 941 g/mol. The van der Waals surface area contributed by atoms with E-state index in [1.54, 1.807) is 0 Å². The van der Waals surface area contributed by atoms with E-state index in [1.807, 2.05) is 12.2 Å². The number of carbonyl (C=O) groups excluding carboxylic acids is 2. The van der Waals surface area contributed by atoms with Crippen LogP contribution < -0.4 is 0 Å². The molecule has 0 saturated heterocycles. The van der Waals surface area contributed by atoms with E-state index >= 15 is 9.59 Å². The van der Waals surface area contributed by atoms with E-state index in [1.165, 1.54) is 231 Å². The van der Waals surface area contributed by atoms with Crippen LogP contribution in [0.25, 0.3) is 0 Å². The Kier molecular flexibility index (Phi) is 49.5. The first-order chi connectivity index (χ1) is 32.9. The van der Waals surface area contributed by atoms with Gasteiger partial charge in [-0.15, -0.1) is 0 Å². The van der Waals surface area contributed by atoms with Gasteiger partial charge in [0.25, 0.3) is 11.8 Å². The summed E-state index contributed by atoms with van der Waals surface area (Å²) >= 11 is 0. The van der Waals surface area contributed by atoms with Crippen LogP contribution in [0.1, 0.15) is 310 Å². The molecule has 67 heavy (non-hydrogen) atoms. The van der Waals surface area contributed by atoms with Crippen molar-refractivity contribution in [2.45, 2.75) is 316 Å². The minimum atomic E-state index is -0.767. The largest absolute Gasteiger partial charge is 0.337 e. The van der Waals surface area contributed by atoms with E-state index in [4.69, 9.17) is 0 Å². The van der Waals surface area contributed by atoms with Gasteiger partial charge in [-0.25, -0.2) is 0 Å². The highest BCUT2D eigenvalue weighted by molar-refractivity contribution is 6.03. The maximum atomic E-state index is 15.3. The normalized spacial score (nSPS) is 11.7. The molecule has 0 spiro atoms. The summed E-state index contributed by atoms with van der Waals surface area (Å²) in [7, 11) is 2.12. The van der Waals surface area contributed by atoms with E-state index in [-0.39, 0.29) is 11.8 Å². The van der Waals surface area contributed by atoms with Gasteiger partial charge in [0, 0.05) is 26.2 Å². The fraction of sp³-hybridized carbons (Fsp3) is 0.903. The Morgan fingerprint density at radius 3 is 0.657 bits per heavy atom. The maximum absolute atomic E-state index is 15.3. The summed E-state index contributed by atoms with van der Waals surface area (Å²) in [5.74, 6) is 0.107. The molecule has 0 aliphatic rings. The Labute approximate surface area is 421 Å². The van der Waals surface area contributed by atoms with E-state index in [2.05, 4.69) is 57.7 Å². The van der Waals surface area contributed by atoms with E-state index in [0.29, 0.717) is 17.6 Å². The second-order valence-electron chi connectivity index (χ2n) is 21.6. The van der Waals surface area contributed by atoms with Crippen molar-refractivity contribution in [1.82, 2.24) is 9.80 Å². The molecule has 0 aromatic heterocycles. The Hall–Kier alpha value is -1.62. The van der Waals surface area contributed by atoms with Gasteiger partial charge < -0.3 is 14.3 Å². The van der Waals surface area contributed by atoms with Crippen LogP contribution in [-0.2, 0) is 9.59 Å². The lowest BCUT2D eigenvalue weighted by molar-refractivity contribution is -0.905. The van der Waals surface area contributed by atoms with Gasteiger partial charge in [-0.1, -0.05) is 298 Å². The van der Waals surface area contributed by atoms with Crippen molar-refractivity contribution in [2.75, 3.05) is 46.3 Å². The number of rotatable bonds is 55. The summed E-state index contributed by atoms with van der Waals surface area (Å²) in [5, 5.41) is 0. The summed E-state index contributed by atoms with van der Waals surface area (Å²) in [4.78, 5) is 34.9. The molecule has 396 valence electrons. The molecule has 0 radical (unpaired) electrons. The average Bonchev–Trinajstić information content (AvgIpc) is 3.32. The highest BCUT2D eigenvalue weighted by Crippen LogP contribution is 2.22. The van der Waals surface area contributed by atoms with Gasteiger partial charge in [-0.05, 0) is 37.8 Å². The van der Waals surface area contributed by atoms with Gasteiger partial charge in [0.05, 0.1) is 20.1 Å². The van der Waals surface area contributed by atoms with Crippen LogP contribution in [-0.4, -0.2) is 78.5 Å². The number of quaternary nitrogens is 1. The van der Waals surface area contributed by atoms with Crippen molar-refractivity contribution in [3.63, 3.8) is 0 Å². The van der Waals surface area contributed by atoms with Crippen LogP contribution in [0.15, 0.2) is 25.3 Å². The molecule has 0 atom stereocenters. The number of amides is 2. The molecular weight excluding hydrogens is 819 g/mol. The molecule has 2 amide bonds.